The molecule has 0 spiro atoms. The molecule has 96 valence electrons. The molecule has 2 heterocycles. The molecule has 7 nitrogen and oxygen atoms in total. The minimum absolute atomic E-state index is 0.248. The number of rotatable bonds is 4. The summed E-state index contributed by atoms with van der Waals surface area (Å²) in [5.74, 6) is 1.49. The number of hydrogen-bond acceptors (Lipinski definition) is 6. The van der Waals surface area contributed by atoms with E-state index >= 15 is 0 Å². The van der Waals surface area contributed by atoms with Gasteiger partial charge in [-0.15, -0.1) is 5.10 Å². The van der Waals surface area contributed by atoms with Crippen LogP contribution in [0.5, 0.6) is 11.8 Å². The molecule has 0 aromatic carbocycles. The number of ether oxygens (including phenoxy) is 1. The van der Waals surface area contributed by atoms with Crippen LogP contribution in [0.25, 0.3) is 0 Å². The van der Waals surface area contributed by atoms with E-state index in [2.05, 4.69) is 20.1 Å². The SMILES string of the molecule is CC(C)c1ncc(Oc2ncn(C)n2)c(CN)n1. The van der Waals surface area contributed by atoms with Crippen molar-refractivity contribution in [3.8, 4) is 11.8 Å². The zero-order chi connectivity index (χ0) is 13.1. The Kier molecular flexibility index (Phi) is 3.52. The maximum absolute atomic E-state index is 5.66. The Balaban J connectivity index is 2.27. The van der Waals surface area contributed by atoms with Gasteiger partial charge in [-0.2, -0.15) is 4.98 Å². The van der Waals surface area contributed by atoms with Crippen LogP contribution in [0.2, 0.25) is 0 Å². The van der Waals surface area contributed by atoms with E-state index < -0.39 is 0 Å². The summed E-state index contributed by atoms with van der Waals surface area (Å²) < 4.78 is 7.06. The number of aryl methyl sites for hydroxylation is 1. The monoisotopic (exact) mass is 248 g/mol. The molecule has 18 heavy (non-hydrogen) atoms. The normalized spacial score (nSPS) is 10.9. The Morgan fingerprint density at radius 1 is 1.39 bits per heavy atom. The first-order chi connectivity index (χ1) is 8.60. The first-order valence-electron chi connectivity index (χ1n) is 5.69. The molecule has 2 N–H and O–H groups in total. The van der Waals surface area contributed by atoms with Gasteiger partial charge in [0.25, 0.3) is 0 Å². The largest absolute Gasteiger partial charge is 0.420 e. The van der Waals surface area contributed by atoms with Gasteiger partial charge < -0.3 is 10.5 Å². The highest BCUT2D eigenvalue weighted by atomic mass is 16.5. The molecule has 0 atom stereocenters. The van der Waals surface area contributed by atoms with Crippen LogP contribution in [0.1, 0.15) is 31.3 Å². The Labute approximate surface area is 105 Å². The number of aromatic nitrogens is 5. The molecule has 0 aliphatic rings. The van der Waals surface area contributed by atoms with Crippen molar-refractivity contribution >= 4 is 0 Å². The maximum atomic E-state index is 5.66. The van der Waals surface area contributed by atoms with Gasteiger partial charge in [0.15, 0.2) is 5.75 Å². The molecule has 0 amide bonds. The van der Waals surface area contributed by atoms with E-state index in [0.717, 1.165) is 5.82 Å². The topological polar surface area (TPSA) is 91.7 Å². The molecular weight excluding hydrogens is 232 g/mol. The third-order valence-electron chi connectivity index (χ3n) is 2.34. The van der Waals surface area contributed by atoms with Crippen LogP contribution in [0.15, 0.2) is 12.5 Å². The van der Waals surface area contributed by atoms with E-state index in [1.807, 2.05) is 13.8 Å². The second-order valence-corrected chi connectivity index (χ2v) is 4.20. The van der Waals surface area contributed by atoms with Gasteiger partial charge in [0.1, 0.15) is 17.8 Å². The second kappa shape index (κ2) is 5.09. The molecule has 0 saturated heterocycles. The van der Waals surface area contributed by atoms with E-state index in [1.54, 1.807) is 24.3 Å². The van der Waals surface area contributed by atoms with Crippen LogP contribution < -0.4 is 10.5 Å². The lowest BCUT2D eigenvalue weighted by molar-refractivity contribution is 0.427. The highest BCUT2D eigenvalue weighted by Gasteiger charge is 2.12. The van der Waals surface area contributed by atoms with Crippen molar-refractivity contribution in [2.75, 3.05) is 0 Å². The zero-order valence-electron chi connectivity index (χ0n) is 10.7. The number of nitrogens with zero attached hydrogens (tertiary/aromatic N) is 5. The molecule has 2 rings (SSSR count). The summed E-state index contributed by atoms with van der Waals surface area (Å²) in [7, 11) is 1.77. The van der Waals surface area contributed by atoms with Crippen LogP contribution in [0.4, 0.5) is 0 Å². The summed E-state index contributed by atoms with van der Waals surface area (Å²) in [6.07, 6.45) is 3.17. The number of nitrogens with two attached hydrogens (primary N) is 1. The third kappa shape index (κ3) is 2.62. The fraction of sp³-hybridized carbons (Fsp3) is 0.455. The first kappa shape index (κ1) is 12.4. The molecule has 2 aromatic heterocycles. The van der Waals surface area contributed by atoms with Crippen LogP contribution in [-0.4, -0.2) is 24.7 Å². The van der Waals surface area contributed by atoms with Crippen molar-refractivity contribution in [3.63, 3.8) is 0 Å². The van der Waals surface area contributed by atoms with Gasteiger partial charge in [0, 0.05) is 19.5 Å². The molecule has 0 fully saturated rings. The molecule has 7 heteroatoms. The van der Waals surface area contributed by atoms with Crippen molar-refractivity contribution in [2.45, 2.75) is 26.3 Å². The van der Waals surface area contributed by atoms with Crippen molar-refractivity contribution in [3.05, 3.63) is 24.0 Å². The summed E-state index contributed by atoms with van der Waals surface area (Å²) in [5, 5.41) is 4.03. The van der Waals surface area contributed by atoms with E-state index in [0.29, 0.717) is 11.4 Å². The van der Waals surface area contributed by atoms with Gasteiger partial charge >= 0.3 is 6.01 Å². The van der Waals surface area contributed by atoms with Gasteiger partial charge in [-0.05, 0) is 0 Å². The van der Waals surface area contributed by atoms with Crippen molar-refractivity contribution in [2.24, 2.45) is 12.8 Å². The summed E-state index contributed by atoms with van der Waals surface area (Å²) in [6.45, 7) is 4.33. The molecule has 0 radical (unpaired) electrons. The van der Waals surface area contributed by atoms with E-state index in [1.165, 1.54) is 0 Å². The second-order valence-electron chi connectivity index (χ2n) is 4.20. The Bertz CT molecular complexity index is 536. The lowest BCUT2D eigenvalue weighted by Crippen LogP contribution is -2.08. The van der Waals surface area contributed by atoms with Crippen molar-refractivity contribution in [1.82, 2.24) is 24.7 Å². The summed E-state index contributed by atoms with van der Waals surface area (Å²) in [4.78, 5) is 12.6. The lowest BCUT2D eigenvalue weighted by atomic mass is 10.2. The Hall–Kier alpha value is -2.02. The zero-order valence-corrected chi connectivity index (χ0v) is 10.7. The molecule has 0 unspecified atom stereocenters. The molecular formula is C11H16N6O. The highest BCUT2D eigenvalue weighted by Crippen LogP contribution is 2.21. The van der Waals surface area contributed by atoms with Gasteiger partial charge in [0.05, 0.1) is 6.20 Å². The smallest absolute Gasteiger partial charge is 0.341 e. The predicted octanol–water partition coefficient (Wildman–Crippen LogP) is 0.979. The minimum atomic E-state index is 0.248. The van der Waals surface area contributed by atoms with E-state index in [4.69, 9.17) is 10.5 Å². The quantitative estimate of drug-likeness (QED) is 0.867. The third-order valence-corrected chi connectivity index (χ3v) is 2.34. The lowest BCUT2D eigenvalue weighted by Gasteiger charge is -2.09. The fourth-order valence-electron chi connectivity index (χ4n) is 1.40. The highest BCUT2D eigenvalue weighted by molar-refractivity contribution is 5.27. The first-order valence-corrected chi connectivity index (χ1v) is 5.69. The molecule has 0 saturated carbocycles. The predicted molar refractivity (Wildman–Crippen MR) is 65.1 cm³/mol. The van der Waals surface area contributed by atoms with Crippen molar-refractivity contribution in [1.29, 1.82) is 0 Å². The van der Waals surface area contributed by atoms with Gasteiger partial charge in [-0.25, -0.2) is 9.97 Å². The maximum Gasteiger partial charge on any atom is 0.341 e. The van der Waals surface area contributed by atoms with Gasteiger partial charge in [-0.1, -0.05) is 13.8 Å². The summed E-state index contributed by atoms with van der Waals surface area (Å²) >= 11 is 0. The minimum Gasteiger partial charge on any atom is -0.420 e. The van der Waals surface area contributed by atoms with Crippen LogP contribution in [0.3, 0.4) is 0 Å². The van der Waals surface area contributed by atoms with Crippen LogP contribution >= 0.6 is 0 Å². The van der Waals surface area contributed by atoms with Crippen molar-refractivity contribution < 1.29 is 4.74 Å². The van der Waals surface area contributed by atoms with E-state index in [-0.39, 0.29) is 18.5 Å². The molecule has 0 bridgehead atoms. The Morgan fingerprint density at radius 3 is 2.72 bits per heavy atom. The fourth-order valence-corrected chi connectivity index (χ4v) is 1.40. The van der Waals surface area contributed by atoms with Crippen LogP contribution in [0, 0.1) is 0 Å². The van der Waals surface area contributed by atoms with Gasteiger partial charge in [-0.3, -0.25) is 4.68 Å². The molecule has 2 aromatic rings. The van der Waals surface area contributed by atoms with Gasteiger partial charge in [0.2, 0.25) is 0 Å². The van der Waals surface area contributed by atoms with E-state index in [9.17, 15) is 0 Å². The summed E-state index contributed by atoms with van der Waals surface area (Å²) in [5.41, 5.74) is 6.32. The average Bonchev–Trinajstić information content (AvgIpc) is 2.75. The standard InChI is InChI=1S/C11H16N6O/c1-7(2)10-13-5-9(8(4-12)15-10)18-11-14-6-17(3)16-11/h5-7H,4,12H2,1-3H3. The molecule has 0 aliphatic carbocycles. The number of hydrogen-bond donors (Lipinski definition) is 1. The average molecular weight is 248 g/mol. The molecule has 0 aliphatic heterocycles. The van der Waals surface area contributed by atoms with Crippen LogP contribution in [-0.2, 0) is 13.6 Å². The Morgan fingerprint density at radius 2 is 2.17 bits per heavy atom. The summed E-state index contributed by atoms with van der Waals surface area (Å²) in [6, 6.07) is 0.257.